The summed E-state index contributed by atoms with van der Waals surface area (Å²) in [4.78, 5) is 27.2. The molecule has 1 saturated heterocycles. The Bertz CT molecular complexity index is 937. The van der Waals surface area contributed by atoms with Gasteiger partial charge in [-0.2, -0.15) is 0 Å². The van der Waals surface area contributed by atoms with Gasteiger partial charge >= 0.3 is 5.97 Å². The van der Waals surface area contributed by atoms with Crippen LogP contribution in [0, 0.1) is 6.92 Å². The van der Waals surface area contributed by atoms with E-state index in [1.807, 2.05) is 30.2 Å². The quantitative estimate of drug-likeness (QED) is 0.728. The molecule has 3 aromatic rings. The van der Waals surface area contributed by atoms with Gasteiger partial charge in [-0.15, -0.1) is 11.3 Å². The number of hydrogen-bond donors (Lipinski definition) is 1. The van der Waals surface area contributed by atoms with Crippen LogP contribution >= 0.6 is 11.3 Å². The first-order valence-corrected chi connectivity index (χ1v) is 9.90. The van der Waals surface area contributed by atoms with Crippen LogP contribution in [0.5, 0.6) is 0 Å². The topological polar surface area (TPSA) is 84.1 Å². The summed E-state index contributed by atoms with van der Waals surface area (Å²) in [7, 11) is 0. The zero-order valence-corrected chi connectivity index (χ0v) is 15.9. The minimum atomic E-state index is -0.940. The Hall–Kier alpha value is -2.74. The van der Waals surface area contributed by atoms with E-state index in [2.05, 4.69) is 24.4 Å². The summed E-state index contributed by atoms with van der Waals surface area (Å²) in [5.41, 5.74) is 3.94. The summed E-state index contributed by atoms with van der Waals surface area (Å²) >= 11 is 1.59. The van der Waals surface area contributed by atoms with E-state index in [1.165, 1.54) is 0 Å². The Morgan fingerprint density at radius 2 is 2.26 bits per heavy atom. The number of carbonyl (C=O) groups is 1. The van der Waals surface area contributed by atoms with Crippen molar-refractivity contribution in [2.45, 2.75) is 32.2 Å². The molecule has 0 saturated carbocycles. The average molecular weight is 383 g/mol. The van der Waals surface area contributed by atoms with Crippen LogP contribution in [0.25, 0.3) is 0 Å². The smallest absolute Gasteiger partial charge is 0.339 e. The minimum absolute atomic E-state index is 0.233. The van der Waals surface area contributed by atoms with E-state index >= 15 is 0 Å². The summed E-state index contributed by atoms with van der Waals surface area (Å²) in [6.45, 7) is 4.11. The fourth-order valence-electron chi connectivity index (χ4n) is 3.64. The molecule has 1 aliphatic heterocycles. The van der Waals surface area contributed by atoms with Crippen molar-refractivity contribution in [3.05, 3.63) is 58.2 Å². The fourth-order valence-corrected chi connectivity index (χ4v) is 4.19. The molecule has 4 rings (SSSR count). The molecule has 0 spiro atoms. The lowest BCUT2D eigenvalue weighted by Crippen LogP contribution is -2.37. The highest BCUT2D eigenvalue weighted by atomic mass is 32.1. The lowest BCUT2D eigenvalue weighted by atomic mass is 9.96. The molecule has 3 aromatic heterocycles. The van der Waals surface area contributed by atoms with Crippen LogP contribution in [0.4, 0.5) is 5.82 Å². The van der Waals surface area contributed by atoms with Crippen LogP contribution < -0.4 is 4.90 Å². The molecular formula is C19H21N5O2S. The third-order valence-electron chi connectivity index (χ3n) is 4.89. The van der Waals surface area contributed by atoms with Gasteiger partial charge in [-0.25, -0.2) is 19.7 Å². The summed E-state index contributed by atoms with van der Waals surface area (Å²) < 4.78 is 2.14. The second kappa shape index (κ2) is 7.48. The molecule has 0 bridgehead atoms. The monoisotopic (exact) mass is 383 g/mol. The number of hydrogen-bond acceptors (Lipinski definition) is 6. The highest BCUT2D eigenvalue weighted by molar-refractivity contribution is 7.07. The second-order valence-corrected chi connectivity index (χ2v) is 7.53. The number of imidazole rings is 1. The van der Waals surface area contributed by atoms with Crippen LogP contribution in [0.3, 0.4) is 0 Å². The van der Waals surface area contributed by atoms with Gasteiger partial charge in [0.25, 0.3) is 0 Å². The van der Waals surface area contributed by atoms with Crippen LogP contribution in [0.2, 0.25) is 0 Å². The first-order chi connectivity index (χ1) is 13.1. The Morgan fingerprint density at radius 1 is 1.37 bits per heavy atom. The van der Waals surface area contributed by atoms with Crippen LogP contribution in [-0.2, 0) is 6.54 Å². The maximum Gasteiger partial charge on any atom is 0.339 e. The average Bonchev–Trinajstić information content (AvgIpc) is 3.34. The van der Waals surface area contributed by atoms with Crippen molar-refractivity contribution in [3.8, 4) is 0 Å². The van der Waals surface area contributed by atoms with Crippen LogP contribution in [0.1, 0.15) is 46.3 Å². The molecule has 0 aromatic carbocycles. The number of carboxylic acid groups (broad SMARTS) is 1. The summed E-state index contributed by atoms with van der Waals surface area (Å²) in [6.07, 6.45) is 5.82. The lowest BCUT2D eigenvalue weighted by Gasteiger charge is -2.34. The molecule has 1 N–H and O–H groups in total. The van der Waals surface area contributed by atoms with Gasteiger partial charge in [0.1, 0.15) is 17.2 Å². The largest absolute Gasteiger partial charge is 0.478 e. The SMILES string of the molecule is Cc1ccc(C(=O)O)c(N2CCC[C@@H](c3nccn3Cc3cscn3)C2)n1. The molecule has 8 heteroatoms. The molecule has 7 nitrogen and oxygen atoms in total. The van der Waals surface area contributed by atoms with Crippen molar-refractivity contribution in [1.82, 2.24) is 19.5 Å². The van der Waals surface area contributed by atoms with Crippen molar-refractivity contribution < 1.29 is 9.90 Å². The number of pyridine rings is 1. The maximum atomic E-state index is 11.6. The number of anilines is 1. The number of aromatic nitrogens is 4. The van der Waals surface area contributed by atoms with Crippen LogP contribution in [-0.4, -0.2) is 43.7 Å². The number of rotatable bonds is 5. The third kappa shape index (κ3) is 3.71. The molecule has 1 atom stereocenters. The molecular weight excluding hydrogens is 362 g/mol. The summed E-state index contributed by atoms with van der Waals surface area (Å²) in [6, 6.07) is 3.39. The molecule has 1 fully saturated rings. The highest BCUT2D eigenvalue weighted by Crippen LogP contribution is 2.30. The molecule has 0 radical (unpaired) electrons. The molecule has 0 unspecified atom stereocenters. The second-order valence-electron chi connectivity index (χ2n) is 6.81. The van der Waals surface area contributed by atoms with E-state index in [0.29, 0.717) is 18.9 Å². The molecule has 27 heavy (non-hydrogen) atoms. The van der Waals surface area contributed by atoms with Gasteiger partial charge in [0, 0.05) is 42.5 Å². The Balaban J connectivity index is 1.59. The van der Waals surface area contributed by atoms with Crippen molar-refractivity contribution in [2.75, 3.05) is 18.0 Å². The van der Waals surface area contributed by atoms with Gasteiger partial charge in [0.2, 0.25) is 0 Å². The van der Waals surface area contributed by atoms with Crippen molar-refractivity contribution >= 4 is 23.1 Å². The zero-order valence-electron chi connectivity index (χ0n) is 15.1. The Labute approximate surface area is 161 Å². The van der Waals surface area contributed by atoms with E-state index in [0.717, 1.165) is 36.6 Å². The number of nitrogens with zero attached hydrogens (tertiary/aromatic N) is 5. The van der Waals surface area contributed by atoms with Crippen LogP contribution in [0.15, 0.2) is 35.4 Å². The summed E-state index contributed by atoms with van der Waals surface area (Å²) in [5, 5.41) is 11.6. The predicted molar refractivity (Wildman–Crippen MR) is 104 cm³/mol. The van der Waals surface area contributed by atoms with Crippen molar-refractivity contribution in [1.29, 1.82) is 0 Å². The van der Waals surface area contributed by atoms with E-state index in [1.54, 1.807) is 23.5 Å². The normalized spacial score (nSPS) is 17.2. The first kappa shape index (κ1) is 17.7. The Morgan fingerprint density at radius 3 is 3.04 bits per heavy atom. The number of piperidine rings is 1. The van der Waals surface area contributed by atoms with Crippen molar-refractivity contribution in [2.24, 2.45) is 0 Å². The molecule has 4 heterocycles. The fraction of sp³-hybridized carbons (Fsp3) is 0.368. The molecule has 1 aliphatic rings. The van der Waals surface area contributed by atoms with E-state index in [-0.39, 0.29) is 11.5 Å². The number of thiazole rings is 1. The minimum Gasteiger partial charge on any atom is -0.478 e. The standard InChI is InChI=1S/C19H21N5O2S/c1-13-4-5-16(19(25)26)18(22-13)23-7-2-3-14(9-23)17-20-6-8-24(17)10-15-11-27-12-21-15/h4-6,8,11-12,14H,2-3,7,9-10H2,1H3,(H,25,26)/t14-/m1/s1. The van der Waals surface area contributed by atoms with E-state index in [9.17, 15) is 9.90 Å². The number of aromatic carboxylic acids is 1. The summed E-state index contributed by atoms with van der Waals surface area (Å²) in [5.74, 6) is 0.878. The molecule has 0 amide bonds. The van der Waals surface area contributed by atoms with Crippen molar-refractivity contribution in [3.63, 3.8) is 0 Å². The van der Waals surface area contributed by atoms with Gasteiger partial charge in [0.05, 0.1) is 17.7 Å². The van der Waals surface area contributed by atoms with Gasteiger partial charge in [-0.1, -0.05) is 0 Å². The third-order valence-corrected chi connectivity index (χ3v) is 5.53. The first-order valence-electron chi connectivity index (χ1n) is 8.96. The number of aryl methyl sites for hydroxylation is 1. The predicted octanol–water partition coefficient (Wildman–Crippen LogP) is 3.17. The van der Waals surface area contributed by atoms with Gasteiger partial charge in [-0.3, -0.25) is 0 Å². The van der Waals surface area contributed by atoms with Gasteiger partial charge in [-0.05, 0) is 31.9 Å². The Kier molecular flexibility index (Phi) is 4.89. The lowest BCUT2D eigenvalue weighted by molar-refractivity contribution is 0.0697. The zero-order chi connectivity index (χ0) is 18.8. The maximum absolute atomic E-state index is 11.6. The molecule has 140 valence electrons. The van der Waals surface area contributed by atoms with Gasteiger partial charge in [0.15, 0.2) is 0 Å². The highest BCUT2D eigenvalue weighted by Gasteiger charge is 2.28. The van der Waals surface area contributed by atoms with E-state index in [4.69, 9.17) is 0 Å². The molecule has 0 aliphatic carbocycles. The number of carboxylic acids is 1. The van der Waals surface area contributed by atoms with E-state index < -0.39 is 5.97 Å². The van der Waals surface area contributed by atoms with Gasteiger partial charge < -0.3 is 14.6 Å².